The molecule has 10 heteroatoms. The van der Waals surface area contributed by atoms with Crippen molar-refractivity contribution >= 4 is 21.9 Å². The summed E-state index contributed by atoms with van der Waals surface area (Å²) in [5.74, 6) is -1.42. The van der Waals surface area contributed by atoms with Crippen LogP contribution in [0.25, 0.3) is 11.3 Å². The Balaban J connectivity index is 1.89. The van der Waals surface area contributed by atoms with Gasteiger partial charge in [0.05, 0.1) is 24.0 Å². The number of hydrogen-bond donors (Lipinski definition) is 1. The Morgan fingerprint density at radius 3 is 2.52 bits per heavy atom. The molecule has 3 rings (SSSR count). The SMILES string of the molecule is O=C(O)c1ccc(Br)cc1Cn1nncc1-c1ccc(OC(F)(F)F)cc1. The molecule has 0 fully saturated rings. The van der Waals surface area contributed by atoms with Gasteiger partial charge in [-0.15, -0.1) is 18.3 Å². The van der Waals surface area contributed by atoms with Gasteiger partial charge in [-0.25, -0.2) is 9.48 Å². The number of hydrogen-bond acceptors (Lipinski definition) is 4. The first kappa shape index (κ1) is 18.9. The lowest BCUT2D eigenvalue weighted by Gasteiger charge is -2.11. The summed E-state index contributed by atoms with van der Waals surface area (Å²) in [4.78, 5) is 11.4. The van der Waals surface area contributed by atoms with Crippen LogP contribution in [0.2, 0.25) is 0 Å². The molecular weight excluding hydrogens is 431 g/mol. The van der Waals surface area contributed by atoms with Crippen molar-refractivity contribution in [3.63, 3.8) is 0 Å². The van der Waals surface area contributed by atoms with Gasteiger partial charge in [0.15, 0.2) is 0 Å². The van der Waals surface area contributed by atoms with Gasteiger partial charge in [0, 0.05) is 10.0 Å². The van der Waals surface area contributed by atoms with Crippen molar-refractivity contribution in [2.45, 2.75) is 12.9 Å². The van der Waals surface area contributed by atoms with Crippen LogP contribution in [0.15, 0.2) is 53.1 Å². The molecule has 1 aromatic heterocycles. The van der Waals surface area contributed by atoms with Crippen LogP contribution in [0, 0.1) is 0 Å². The number of halogens is 4. The minimum absolute atomic E-state index is 0.119. The average Bonchev–Trinajstić information content (AvgIpc) is 3.02. The van der Waals surface area contributed by atoms with Gasteiger partial charge in [-0.2, -0.15) is 0 Å². The van der Waals surface area contributed by atoms with Crippen molar-refractivity contribution in [2.24, 2.45) is 0 Å². The number of carboxylic acids is 1. The maximum Gasteiger partial charge on any atom is 0.573 e. The molecule has 0 atom stereocenters. The normalized spacial score (nSPS) is 11.4. The number of alkyl halides is 3. The molecule has 1 N–H and O–H groups in total. The number of aromatic carboxylic acids is 1. The van der Waals surface area contributed by atoms with Crippen LogP contribution < -0.4 is 4.74 Å². The molecule has 0 aliphatic heterocycles. The van der Waals surface area contributed by atoms with E-state index in [0.29, 0.717) is 21.3 Å². The standard InChI is InChI=1S/C17H11BrF3N3O3/c18-12-3-6-14(16(25)26)11(7-12)9-24-15(8-22-23-24)10-1-4-13(5-2-10)27-17(19,20)21/h1-8H,9H2,(H,25,26). The highest BCUT2D eigenvalue weighted by Crippen LogP contribution is 2.27. The molecule has 0 saturated heterocycles. The van der Waals surface area contributed by atoms with Gasteiger partial charge >= 0.3 is 12.3 Å². The summed E-state index contributed by atoms with van der Waals surface area (Å²) >= 11 is 3.30. The van der Waals surface area contributed by atoms with Gasteiger partial charge in [0.1, 0.15) is 5.75 Å². The van der Waals surface area contributed by atoms with E-state index in [1.807, 2.05) is 0 Å². The number of nitrogens with zero attached hydrogens (tertiary/aromatic N) is 3. The molecule has 0 amide bonds. The van der Waals surface area contributed by atoms with Crippen molar-refractivity contribution in [3.05, 3.63) is 64.3 Å². The van der Waals surface area contributed by atoms with Crippen LogP contribution in [0.5, 0.6) is 5.75 Å². The lowest BCUT2D eigenvalue weighted by molar-refractivity contribution is -0.274. The highest BCUT2D eigenvalue weighted by molar-refractivity contribution is 9.10. The predicted molar refractivity (Wildman–Crippen MR) is 92.3 cm³/mol. The van der Waals surface area contributed by atoms with E-state index < -0.39 is 12.3 Å². The second-order valence-electron chi connectivity index (χ2n) is 5.46. The Morgan fingerprint density at radius 2 is 1.89 bits per heavy atom. The van der Waals surface area contributed by atoms with Crippen molar-refractivity contribution < 1.29 is 27.8 Å². The zero-order valence-corrected chi connectivity index (χ0v) is 15.0. The quantitative estimate of drug-likeness (QED) is 0.636. The van der Waals surface area contributed by atoms with E-state index in [9.17, 15) is 23.1 Å². The van der Waals surface area contributed by atoms with E-state index in [2.05, 4.69) is 31.0 Å². The zero-order valence-electron chi connectivity index (χ0n) is 13.4. The molecule has 0 bridgehead atoms. The third-order valence-corrected chi connectivity index (χ3v) is 4.11. The molecule has 3 aromatic rings. The first-order chi connectivity index (χ1) is 12.7. The van der Waals surface area contributed by atoms with Gasteiger partial charge in [-0.1, -0.05) is 21.1 Å². The van der Waals surface area contributed by atoms with Crippen LogP contribution in [-0.4, -0.2) is 32.4 Å². The Labute approximate surface area is 159 Å². The van der Waals surface area contributed by atoms with Crippen molar-refractivity contribution in [1.29, 1.82) is 0 Å². The van der Waals surface area contributed by atoms with Crippen LogP contribution in [0.4, 0.5) is 13.2 Å². The van der Waals surface area contributed by atoms with E-state index in [4.69, 9.17) is 0 Å². The molecule has 2 aromatic carbocycles. The van der Waals surface area contributed by atoms with E-state index >= 15 is 0 Å². The Morgan fingerprint density at radius 1 is 1.19 bits per heavy atom. The number of carbonyl (C=O) groups is 1. The maximum atomic E-state index is 12.3. The van der Waals surface area contributed by atoms with Gasteiger partial charge in [-0.05, 0) is 48.0 Å². The fourth-order valence-corrected chi connectivity index (χ4v) is 2.90. The van der Waals surface area contributed by atoms with Gasteiger partial charge < -0.3 is 9.84 Å². The van der Waals surface area contributed by atoms with Crippen molar-refractivity contribution in [1.82, 2.24) is 15.0 Å². The summed E-state index contributed by atoms with van der Waals surface area (Å²) in [5.41, 5.74) is 1.69. The van der Waals surface area contributed by atoms with Gasteiger partial charge in [0.2, 0.25) is 0 Å². The molecule has 0 spiro atoms. The topological polar surface area (TPSA) is 77.2 Å². The Bertz CT molecular complexity index is 972. The molecule has 1 heterocycles. The maximum absolute atomic E-state index is 12.3. The Hall–Kier alpha value is -2.88. The second-order valence-corrected chi connectivity index (χ2v) is 6.37. The number of aromatic nitrogens is 3. The largest absolute Gasteiger partial charge is 0.573 e. The summed E-state index contributed by atoms with van der Waals surface area (Å²) in [6.07, 6.45) is -3.32. The monoisotopic (exact) mass is 441 g/mol. The highest BCUT2D eigenvalue weighted by atomic mass is 79.9. The molecule has 0 unspecified atom stereocenters. The Kier molecular flexibility index (Phi) is 5.17. The molecular formula is C17H11BrF3N3O3. The van der Waals surface area contributed by atoms with Crippen LogP contribution >= 0.6 is 15.9 Å². The average molecular weight is 442 g/mol. The van der Waals surface area contributed by atoms with Crippen LogP contribution in [-0.2, 0) is 6.54 Å². The second kappa shape index (κ2) is 7.39. The van der Waals surface area contributed by atoms with Crippen LogP contribution in [0.3, 0.4) is 0 Å². The van der Waals surface area contributed by atoms with Crippen molar-refractivity contribution in [3.8, 4) is 17.0 Å². The number of rotatable bonds is 5. The summed E-state index contributed by atoms with van der Waals surface area (Å²) in [5, 5.41) is 17.1. The third-order valence-electron chi connectivity index (χ3n) is 3.62. The number of carboxylic acid groups (broad SMARTS) is 1. The fourth-order valence-electron chi connectivity index (χ4n) is 2.49. The predicted octanol–water partition coefficient (Wildman–Crippen LogP) is 4.35. The summed E-state index contributed by atoms with van der Waals surface area (Å²) in [7, 11) is 0. The first-order valence-corrected chi connectivity index (χ1v) is 8.28. The van der Waals surface area contributed by atoms with E-state index in [1.54, 1.807) is 12.1 Å². The molecule has 0 saturated carbocycles. The molecule has 6 nitrogen and oxygen atoms in total. The molecule has 0 aliphatic carbocycles. The van der Waals surface area contributed by atoms with E-state index in [-0.39, 0.29) is 17.9 Å². The van der Waals surface area contributed by atoms with Crippen LogP contribution in [0.1, 0.15) is 15.9 Å². The lowest BCUT2D eigenvalue weighted by atomic mass is 10.1. The van der Waals surface area contributed by atoms with Gasteiger partial charge in [-0.3, -0.25) is 0 Å². The third kappa shape index (κ3) is 4.64. The smallest absolute Gasteiger partial charge is 0.478 e. The van der Waals surface area contributed by atoms with E-state index in [1.165, 1.54) is 41.2 Å². The fraction of sp³-hybridized carbons (Fsp3) is 0.118. The molecule has 140 valence electrons. The first-order valence-electron chi connectivity index (χ1n) is 7.49. The molecule has 0 aliphatic rings. The summed E-state index contributed by atoms with van der Waals surface area (Å²) < 4.78 is 42.8. The van der Waals surface area contributed by atoms with E-state index in [0.717, 1.165) is 0 Å². The number of ether oxygens (including phenoxy) is 1. The lowest BCUT2D eigenvalue weighted by Crippen LogP contribution is -2.17. The minimum atomic E-state index is -4.77. The minimum Gasteiger partial charge on any atom is -0.478 e. The van der Waals surface area contributed by atoms with Crippen molar-refractivity contribution in [2.75, 3.05) is 0 Å². The van der Waals surface area contributed by atoms with Gasteiger partial charge in [0.25, 0.3) is 0 Å². The molecule has 0 radical (unpaired) electrons. The summed E-state index contributed by atoms with van der Waals surface area (Å²) in [6.45, 7) is 0.122. The summed E-state index contributed by atoms with van der Waals surface area (Å²) in [6, 6.07) is 10.00. The number of benzene rings is 2. The zero-order chi connectivity index (χ0) is 19.6. The molecule has 27 heavy (non-hydrogen) atoms. The highest BCUT2D eigenvalue weighted by Gasteiger charge is 2.31.